The monoisotopic (exact) mass is 194 g/mol. The van der Waals surface area contributed by atoms with Gasteiger partial charge < -0.3 is 4.74 Å². The van der Waals surface area contributed by atoms with Crippen molar-refractivity contribution in [3.63, 3.8) is 0 Å². The summed E-state index contributed by atoms with van der Waals surface area (Å²) < 4.78 is 5.10. The lowest BCUT2D eigenvalue weighted by molar-refractivity contribution is 0.479. The van der Waals surface area contributed by atoms with E-state index in [2.05, 4.69) is 6.58 Å². The van der Waals surface area contributed by atoms with Crippen LogP contribution in [0.3, 0.4) is 0 Å². The summed E-state index contributed by atoms with van der Waals surface area (Å²) in [7, 11) is 0. The highest BCUT2D eigenvalue weighted by atomic mass is 16.5. The van der Waals surface area contributed by atoms with E-state index in [0.717, 1.165) is 11.3 Å². The SMILES string of the molecule is C=COc1ccccc1C.CC.CC. The maximum atomic E-state index is 5.10. The van der Waals surface area contributed by atoms with Crippen LogP contribution in [0.5, 0.6) is 5.75 Å². The zero-order valence-electron chi connectivity index (χ0n) is 10.0. The fourth-order valence-corrected chi connectivity index (χ4v) is 0.778. The predicted octanol–water partition coefficient (Wildman–Crippen LogP) is 4.57. The largest absolute Gasteiger partial charge is 0.465 e. The van der Waals surface area contributed by atoms with E-state index >= 15 is 0 Å². The summed E-state index contributed by atoms with van der Waals surface area (Å²) in [6.45, 7) is 13.5. The maximum absolute atomic E-state index is 5.10. The molecule has 1 heteroatoms. The van der Waals surface area contributed by atoms with Gasteiger partial charge in [-0.05, 0) is 18.6 Å². The molecule has 1 rings (SSSR count). The lowest BCUT2D eigenvalue weighted by Crippen LogP contribution is -1.82. The molecule has 0 N–H and O–H groups in total. The Hall–Kier alpha value is -1.24. The number of para-hydroxylation sites is 1. The first-order valence-corrected chi connectivity index (χ1v) is 5.18. The summed E-state index contributed by atoms with van der Waals surface area (Å²) in [5, 5.41) is 0. The van der Waals surface area contributed by atoms with Gasteiger partial charge in [0.2, 0.25) is 0 Å². The van der Waals surface area contributed by atoms with Crippen LogP contribution in [0.15, 0.2) is 37.1 Å². The van der Waals surface area contributed by atoms with Gasteiger partial charge in [-0.3, -0.25) is 0 Å². The lowest BCUT2D eigenvalue weighted by atomic mass is 10.2. The number of rotatable bonds is 2. The fourth-order valence-electron chi connectivity index (χ4n) is 0.778. The summed E-state index contributed by atoms with van der Waals surface area (Å²) in [6, 6.07) is 7.83. The molecule has 0 radical (unpaired) electrons. The van der Waals surface area contributed by atoms with Gasteiger partial charge >= 0.3 is 0 Å². The third-order valence-electron chi connectivity index (χ3n) is 1.30. The van der Waals surface area contributed by atoms with Crippen LogP contribution in [0.25, 0.3) is 0 Å². The van der Waals surface area contributed by atoms with Crippen molar-refractivity contribution in [1.82, 2.24) is 0 Å². The molecule has 1 aromatic rings. The van der Waals surface area contributed by atoms with Crippen LogP contribution in [0, 0.1) is 6.92 Å². The Kier molecular flexibility index (Phi) is 12.8. The highest BCUT2D eigenvalue weighted by molar-refractivity contribution is 5.32. The summed E-state index contributed by atoms with van der Waals surface area (Å²) >= 11 is 0. The number of ether oxygens (including phenoxy) is 1. The van der Waals surface area contributed by atoms with Crippen LogP contribution in [0.4, 0.5) is 0 Å². The lowest BCUT2D eigenvalue weighted by Gasteiger charge is -2.01. The highest BCUT2D eigenvalue weighted by Crippen LogP contribution is 2.15. The molecule has 0 spiro atoms. The van der Waals surface area contributed by atoms with E-state index in [1.807, 2.05) is 58.9 Å². The second-order valence-electron chi connectivity index (χ2n) is 2.05. The summed E-state index contributed by atoms with van der Waals surface area (Å²) in [6.07, 6.45) is 1.43. The molecule has 0 saturated heterocycles. The molecular weight excluding hydrogens is 172 g/mol. The molecule has 0 unspecified atom stereocenters. The zero-order chi connectivity index (χ0) is 11.4. The molecule has 0 heterocycles. The van der Waals surface area contributed by atoms with E-state index in [4.69, 9.17) is 4.74 Å². The van der Waals surface area contributed by atoms with Gasteiger partial charge in [0, 0.05) is 0 Å². The number of aryl methyl sites for hydroxylation is 1. The molecule has 0 fully saturated rings. The molecule has 0 bridgehead atoms. The number of hydrogen-bond acceptors (Lipinski definition) is 1. The van der Waals surface area contributed by atoms with E-state index in [0.29, 0.717) is 0 Å². The van der Waals surface area contributed by atoms with Crippen molar-refractivity contribution in [2.45, 2.75) is 34.6 Å². The van der Waals surface area contributed by atoms with Crippen LogP contribution in [0.1, 0.15) is 33.3 Å². The average Bonchev–Trinajstić information content (AvgIpc) is 2.28. The molecule has 0 aliphatic heterocycles. The first kappa shape index (κ1) is 15.2. The third kappa shape index (κ3) is 6.30. The third-order valence-corrected chi connectivity index (χ3v) is 1.30. The van der Waals surface area contributed by atoms with Crippen LogP contribution in [0.2, 0.25) is 0 Å². The smallest absolute Gasteiger partial charge is 0.129 e. The van der Waals surface area contributed by atoms with Gasteiger partial charge in [-0.15, -0.1) is 0 Å². The van der Waals surface area contributed by atoms with Crippen molar-refractivity contribution >= 4 is 0 Å². The molecule has 0 aliphatic rings. The summed E-state index contributed by atoms with van der Waals surface area (Å²) in [4.78, 5) is 0. The van der Waals surface area contributed by atoms with E-state index in [1.54, 1.807) is 0 Å². The van der Waals surface area contributed by atoms with Crippen molar-refractivity contribution in [1.29, 1.82) is 0 Å². The predicted molar refractivity (Wildman–Crippen MR) is 64.7 cm³/mol. The van der Waals surface area contributed by atoms with Gasteiger partial charge in [-0.2, -0.15) is 0 Å². The Morgan fingerprint density at radius 3 is 2.00 bits per heavy atom. The fraction of sp³-hybridized carbons (Fsp3) is 0.385. The van der Waals surface area contributed by atoms with Gasteiger partial charge in [0.25, 0.3) is 0 Å². The molecule has 0 amide bonds. The van der Waals surface area contributed by atoms with Gasteiger partial charge in [0.15, 0.2) is 0 Å². The van der Waals surface area contributed by atoms with Gasteiger partial charge in [0.05, 0.1) is 6.26 Å². The van der Waals surface area contributed by atoms with Crippen LogP contribution < -0.4 is 4.74 Å². The maximum Gasteiger partial charge on any atom is 0.129 e. The van der Waals surface area contributed by atoms with Crippen LogP contribution >= 0.6 is 0 Å². The molecule has 14 heavy (non-hydrogen) atoms. The zero-order valence-corrected chi connectivity index (χ0v) is 10.0. The minimum atomic E-state index is 0.873. The minimum Gasteiger partial charge on any atom is -0.465 e. The van der Waals surface area contributed by atoms with Crippen LogP contribution in [-0.2, 0) is 0 Å². The Morgan fingerprint density at radius 2 is 1.57 bits per heavy atom. The van der Waals surface area contributed by atoms with Crippen molar-refractivity contribution < 1.29 is 4.74 Å². The second-order valence-corrected chi connectivity index (χ2v) is 2.05. The molecule has 80 valence electrons. The van der Waals surface area contributed by atoms with Crippen molar-refractivity contribution in [3.05, 3.63) is 42.7 Å². The Labute approximate surface area is 88.4 Å². The highest BCUT2D eigenvalue weighted by Gasteiger charge is 1.92. The second kappa shape index (κ2) is 11.8. The van der Waals surface area contributed by atoms with Gasteiger partial charge in [0.1, 0.15) is 5.75 Å². The van der Waals surface area contributed by atoms with Crippen LogP contribution in [-0.4, -0.2) is 0 Å². The van der Waals surface area contributed by atoms with Crippen molar-refractivity contribution in [2.24, 2.45) is 0 Å². The van der Waals surface area contributed by atoms with Crippen molar-refractivity contribution in [3.8, 4) is 5.75 Å². The van der Waals surface area contributed by atoms with Crippen molar-refractivity contribution in [2.75, 3.05) is 0 Å². The first-order chi connectivity index (χ1) is 6.84. The minimum absolute atomic E-state index is 0.873. The van der Waals surface area contributed by atoms with E-state index in [9.17, 15) is 0 Å². The molecule has 1 nitrogen and oxygen atoms in total. The number of benzene rings is 1. The normalized spacial score (nSPS) is 7.21. The Morgan fingerprint density at radius 1 is 1.07 bits per heavy atom. The molecule has 0 aromatic heterocycles. The summed E-state index contributed by atoms with van der Waals surface area (Å²) in [5.74, 6) is 0.873. The van der Waals surface area contributed by atoms with E-state index < -0.39 is 0 Å². The average molecular weight is 194 g/mol. The quantitative estimate of drug-likeness (QED) is 0.627. The topological polar surface area (TPSA) is 9.23 Å². The molecule has 1 aromatic carbocycles. The first-order valence-electron chi connectivity index (χ1n) is 5.18. The molecule has 0 saturated carbocycles. The Bertz CT molecular complexity index is 228. The van der Waals surface area contributed by atoms with Gasteiger partial charge in [-0.1, -0.05) is 52.5 Å². The molecule has 0 aliphatic carbocycles. The molecular formula is C13H22O. The summed E-state index contributed by atoms with van der Waals surface area (Å²) in [5.41, 5.74) is 1.13. The molecule has 0 atom stereocenters. The standard InChI is InChI=1S/C9H10O.2C2H6/c1-3-10-9-7-5-4-6-8(9)2;2*1-2/h3-7H,1H2,2H3;2*1-2H3. The Balaban J connectivity index is 0. The number of hydrogen-bond donors (Lipinski definition) is 0. The van der Waals surface area contributed by atoms with Gasteiger partial charge in [-0.25, -0.2) is 0 Å². The van der Waals surface area contributed by atoms with E-state index in [-0.39, 0.29) is 0 Å². The van der Waals surface area contributed by atoms with E-state index in [1.165, 1.54) is 6.26 Å².